The molecule has 1 heterocycles. The molecule has 0 bridgehead atoms. The van der Waals surface area contributed by atoms with Gasteiger partial charge in [-0.05, 0) is 36.1 Å². The number of halogens is 1. The Morgan fingerprint density at radius 2 is 2.15 bits per heavy atom. The second kappa shape index (κ2) is 5.58. The standard InChI is InChI=1S/C16H16ClNOS/c1-2-11-7-8-14(20-11)16(19)18-15-12-6-4-3-5-10(12)9-13(15)17/h3-8,13,15H,2,9H2,1H3,(H,18,19). The summed E-state index contributed by atoms with van der Waals surface area (Å²) in [5.41, 5.74) is 2.38. The number of benzene rings is 1. The number of aryl methyl sites for hydroxylation is 1. The van der Waals surface area contributed by atoms with E-state index in [4.69, 9.17) is 11.6 Å². The molecule has 3 rings (SSSR count). The van der Waals surface area contributed by atoms with Crippen molar-refractivity contribution in [3.63, 3.8) is 0 Å². The number of rotatable bonds is 3. The fourth-order valence-electron chi connectivity index (χ4n) is 2.62. The molecule has 1 N–H and O–H groups in total. The van der Waals surface area contributed by atoms with Crippen LogP contribution < -0.4 is 5.32 Å². The first kappa shape index (κ1) is 13.7. The molecule has 2 nitrogen and oxygen atoms in total. The first-order valence-electron chi connectivity index (χ1n) is 6.80. The number of carbonyl (C=O) groups is 1. The van der Waals surface area contributed by atoms with Gasteiger partial charge in [0.05, 0.1) is 16.3 Å². The van der Waals surface area contributed by atoms with Gasteiger partial charge in [0.15, 0.2) is 0 Å². The van der Waals surface area contributed by atoms with Crippen LogP contribution in [-0.2, 0) is 12.8 Å². The maximum absolute atomic E-state index is 12.3. The highest BCUT2D eigenvalue weighted by atomic mass is 35.5. The highest BCUT2D eigenvalue weighted by Gasteiger charge is 2.32. The van der Waals surface area contributed by atoms with Crippen molar-refractivity contribution < 1.29 is 4.79 Å². The summed E-state index contributed by atoms with van der Waals surface area (Å²) in [7, 11) is 0. The Labute approximate surface area is 127 Å². The lowest BCUT2D eigenvalue weighted by Gasteiger charge is -2.16. The van der Waals surface area contributed by atoms with Crippen LogP contribution in [0.2, 0.25) is 0 Å². The number of carbonyl (C=O) groups excluding carboxylic acids is 1. The van der Waals surface area contributed by atoms with E-state index in [1.165, 1.54) is 10.4 Å². The summed E-state index contributed by atoms with van der Waals surface area (Å²) in [6, 6.07) is 12.0. The molecule has 2 aromatic rings. The van der Waals surface area contributed by atoms with Crippen LogP contribution in [0.1, 0.15) is 38.6 Å². The Morgan fingerprint density at radius 3 is 2.90 bits per heavy atom. The summed E-state index contributed by atoms with van der Waals surface area (Å²) in [4.78, 5) is 14.3. The van der Waals surface area contributed by atoms with E-state index in [0.29, 0.717) is 0 Å². The molecule has 0 radical (unpaired) electrons. The SMILES string of the molecule is CCc1ccc(C(=O)NC2c3ccccc3CC2Cl)s1. The molecule has 1 amide bonds. The third kappa shape index (κ3) is 2.48. The number of hydrogen-bond donors (Lipinski definition) is 1. The van der Waals surface area contributed by atoms with Crippen molar-refractivity contribution in [1.29, 1.82) is 0 Å². The smallest absolute Gasteiger partial charge is 0.261 e. The summed E-state index contributed by atoms with van der Waals surface area (Å²) >= 11 is 7.95. The van der Waals surface area contributed by atoms with E-state index in [9.17, 15) is 4.79 Å². The monoisotopic (exact) mass is 305 g/mol. The van der Waals surface area contributed by atoms with Crippen molar-refractivity contribution in [3.8, 4) is 0 Å². The molecule has 0 spiro atoms. The van der Waals surface area contributed by atoms with Gasteiger partial charge in [-0.3, -0.25) is 4.79 Å². The summed E-state index contributed by atoms with van der Waals surface area (Å²) in [6.45, 7) is 2.09. The van der Waals surface area contributed by atoms with E-state index in [1.54, 1.807) is 11.3 Å². The van der Waals surface area contributed by atoms with Crippen LogP contribution in [0.5, 0.6) is 0 Å². The van der Waals surface area contributed by atoms with Crippen LogP contribution in [0.4, 0.5) is 0 Å². The van der Waals surface area contributed by atoms with Crippen LogP contribution in [-0.4, -0.2) is 11.3 Å². The van der Waals surface area contributed by atoms with Gasteiger partial charge >= 0.3 is 0 Å². The normalized spacial score (nSPS) is 20.7. The first-order valence-corrected chi connectivity index (χ1v) is 8.05. The molecule has 1 aliphatic rings. The Bertz CT molecular complexity index is 637. The van der Waals surface area contributed by atoms with Crippen molar-refractivity contribution in [2.45, 2.75) is 31.2 Å². The summed E-state index contributed by atoms with van der Waals surface area (Å²) < 4.78 is 0. The molecule has 104 valence electrons. The van der Waals surface area contributed by atoms with Gasteiger partial charge in [-0.15, -0.1) is 22.9 Å². The van der Waals surface area contributed by atoms with Crippen LogP contribution in [0, 0.1) is 0 Å². The van der Waals surface area contributed by atoms with Crippen molar-refractivity contribution in [1.82, 2.24) is 5.32 Å². The summed E-state index contributed by atoms with van der Waals surface area (Å²) in [5, 5.41) is 3.01. The van der Waals surface area contributed by atoms with Crippen LogP contribution in [0.25, 0.3) is 0 Å². The molecular formula is C16H16ClNOS. The minimum Gasteiger partial charge on any atom is -0.343 e. The van der Waals surface area contributed by atoms with Crippen LogP contribution in [0.15, 0.2) is 36.4 Å². The maximum Gasteiger partial charge on any atom is 0.261 e. The van der Waals surface area contributed by atoms with E-state index in [-0.39, 0.29) is 17.3 Å². The molecule has 0 saturated heterocycles. The van der Waals surface area contributed by atoms with E-state index >= 15 is 0 Å². The van der Waals surface area contributed by atoms with E-state index in [2.05, 4.69) is 24.4 Å². The topological polar surface area (TPSA) is 29.1 Å². The van der Waals surface area contributed by atoms with Gasteiger partial charge in [0, 0.05) is 4.88 Å². The van der Waals surface area contributed by atoms with Crippen molar-refractivity contribution in [3.05, 3.63) is 57.3 Å². The number of alkyl halides is 1. The van der Waals surface area contributed by atoms with Gasteiger partial charge in [0.1, 0.15) is 0 Å². The highest BCUT2D eigenvalue weighted by Crippen LogP contribution is 2.35. The maximum atomic E-state index is 12.3. The first-order chi connectivity index (χ1) is 9.69. The second-order valence-corrected chi connectivity index (χ2v) is 6.72. The number of thiophene rings is 1. The third-order valence-electron chi connectivity index (χ3n) is 3.69. The van der Waals surface area contributed by atoms with Crippen LogP contribution in [0.3, 0.4) is 0 Å². The predicted molar refractivity (Wildman–Crippen MR) is 83.7 cm³/mol. The van der Waals surface area contributed by atoms with Crippen LogP contribution >= 0.6 is 22.9 Å². The lowest BCUT2D eigenvalue weighted by Crippen LogP contribution is -2.31. The van der Waals surface area contributed by atoms with Crippen molar-refractivity contribution in [2.75, 3.05) is 0 Å². The van der Waals surface area contributed by atoms with Gasteiger partial charge < -0.3 is 5.32 Å². The van der Waals surface area contributed by atoms with E-state index in [1.807, 2.05) is 24.3 Å². The molecule has 2 unspecified atom stereocenters. The zero-order valence-corrected chi connectivity index (χ0v) is 12.8. The van der Waals surface area contributed by atoms with Gasteiger partial charge in [-0.1, -0.05) is 31.2 Å². The molecule has 1 aliphatic carbocycles. The van der Waals surface area contributed by atoms with E-state index in [0.717, 1.165) is 23.3 Å². The Kier molecular flexibility index (Phi) is 3.81. The fraction of sp³-hybridized carbons (Fsp3) is 0.312. The molecular weight excluding hydrogens is 290 g/mol. The molecule has 1 aromatic carbocycles. The van der Waals surface area contributed by atoms with Crippen molar-refractivity contribution >= 4 is 28.8 Å². The largest absolute Gasteiger partial charge is 0.343 e. The van der Waals surface area contributed by atoms with Gasteiger partial charge in [0.2, 0.25) is 0 Å². The Morgan fingerprint density at radius 1 is 1.35 bits per heavy atom. The van der Waals surface area contributed by atoms with Gasteiger partial charge in [-0.25, -0.2) is 0 Å². The zero-order chi connectivity index (χ0) is 14.1. The quantitative estimate of drug-likeness (QED) is 0.855. The molecule has 20 heavy (non-hydrogen) atoms. The number of fused-ring (bicyclic) bond motifs is 1. The highest BCUT2D eigenvalue weighted by molar-refractivity contribution is 7.14. The third-order valence-corrected chi connectivity index (χ3v) is 5.32. The lowest BCUT2D eigenvalue weighted by atomic mass is 10.1. The fourth-order valence-corrected chi connectivity index (χ4v) is 3.83. The second-order valence-electron chi connectivity index (χ2n) is 4.99. The van der Waals surface area contributed by atoms with Crippen molar-refractivity contribution in [2.24, 2.45) is 0 Å². The molecule has 4 heteroatoms. The summed E-state index contributed by atoms with van der Waals surface area (Å²) in [6.07, 6.45) is 1.77. The lowest BCUT2D eigenvalue weighted by molar-refractivity contribution is 0.0941. The Balaban J connectivity index is 1.79. The zero-order valence-electron chi connectivity index (χ0n) is 11.2. The predicted octanol–water partition coefficient (Wildman–Crippen LogP) is 3.95. The van der Waals surface area contributed by atoms with E-state index < -0.39 is 0 Å². The van der Waals surface area contributed by atoms with Gasteiger partial charge in [-0.2, -0.15) is 0 Å². The number of nitrogens with one attached hydrogen (secondary N) is 1. The minimum absolute atomic E-state index is 0.0259. The molecule has 0 fully saturated rings. The minimum atomic E-state index is -0.0902. The Hall–Kier alpha value is -1.32. The number of hydrogen-bond acceptors (Lipinski definition) is 2. The molecule has 0 aliphatic heterocycles. The average Bonchev–Trinajstić information content (AvgIpc) is 3.04. The summed E-state index contributed by atoms with van der Waals surface area (Å²) in [5.74, 6) is -0.0259. The molecule has 2 atom stereocenters. The molecule has 0 saturated carbocycles. The van der Waals surface area contributed by atoms with Gasteiger partial charge in [0.25, 0.3) is 5.91 Å². The average molecular weight is 306 g/mol. The number of amides is 1. The molecule has 1 aromatic heterocycles.